The molecule has 0 saturated heterocycles. The predicted molar refractivity (Wildman–Crippen MR) is 86.4 cm³/mol. The molecule has 1 unspecified atom stereocenters. The van der Waals surface area contributed by atoms with Crippen LogP contribution in [0.1, 0.15) is 30.1 Å². The van der Waals surface area contributed by atoms with Crippen LogP contribution in [-0.2, 0) is 14.3 Å². The van der Waals surface area contributed by atoms with E-state index in [0.29, 0.717) is 9.99 Å². The molecule has 0 fully saturated rings. The fourth-order valence-electron chi connectivity index (χ4n) is 1.74. The third-order valence-corrected chi connectivity index (χ3v) is 3.71. The van der Waals surface area contributed by atoms with E-state index in [1.807, 2.05) is 22.6 Å². The van der Waals surface area contributed by atoms with Crippen molar-refractivity contribution in [3.8, 4) is 0 Å². The lowest BCUT2D eigenvalue weighted by molar-refractivity contribution is -0.145. The molecular formula is C15H19IO5. The summed E-state index contributed by atoms with van der Waals surface area (Å²) in [5, 5.41) is 9.70. The molecule has 0 heterocycles. The number of rotatable bonds is 8. The van der Waals surface area contributed by atoms with Crippen LogP contribution in [0.25, 0.3) is 0 Å². The SMILES string of the molecule is CCOC(=O)C[C@@H](CC(O)CI)OC(=O)c1ccccc1. The molecule has 0 aliphatic heterocycles. The van der Waals surface area contributed by atoms with Crippen LogP contribution in [0.5, 0.6) is 0 Å². The van der Waals surface area contributed by atoms with Gasteiger partial charge in [-0.3, -0.25) is 4.79 Å². The zero-order valence-electron chi connectivity index (χ0n) is 11.8. The van der Waals surface area contributed by atoms with Crippen molar-refractivity contribution >= 4 is 34.5 Å². The lowest BCUT2D eigenvalue weighted by Crippen LogP contribution is -2.28. The summed E-state index contributed by atoms with van der Waals surface area (Å²) in [5.74, 6) is -0.949. The van der Waals surface area contributed by atoms with E-state index in [-0.39, 0.29) is 19.4 Å². The smallest absolute Gasteiger partial charge is 0.338 e. The molecule has 5 nitrogen and oxygen atoms in total. The molecule has 2 atom stereocenters. The number of benzene rings is 1. The summed E-state index contributed by atoms with van der Waals surface area (Å²) in [6, 6.07) is 8.54. The Morgan fingerprint density at radius 3 is 2.52 bits per heavy atom. The Labute approximate surface area is 137 Å². The van der Waals surface area contributed by atoms with Crippen molar-refractivity contribution in [2.45, 2.75) is 32.0 Å². The molecule has 1 N–H and O–H groups in total. The molecule has 0 amide bonds. The summed E-state index contributed by atoms with van der Waals surface area (Å²) in [7, 11) is 0. The third kappa shape index (κ3) is 6.90. The van der Waals surface area contributed by atoms with Crippen LogP contribution < -0.4 is 0 Å². The van der Waals surface area contributed by atoms with Gasteiger partial charge in [-0.1, -0.05) is 40.8 Å². The molecule has 6 heteroatoms. The zero-order chi connectivity index (χ0) is 15.7. The second-order valence-electron chi connectivity index (χ2n) is 4.45. The van der Waals surface area contributed by atoms with Crippen LogP contribution in [-0.4, -0.2) is 40.3 Å². The molecule has 0 bridgehead atoms. The van der Waals surface area contributed by atoms with Gasteiger partial charge < -0.3 is 14.6 Å². The Hall–Kier alpha value is -1.15. The number of hydrogen-bond acceptors (Lipinski definition) is 5. The van der Waals surface area contributed by atoms with E-state index in [2.05, 4.69) is 0 Å². The Morgan fingerprint density at radius 2 is 1.95 bits per heavy atom. The van der Waals surface area contributed by atoms with Gasteiger partial charge in [0.05, 0.1) is 24.7 Å². The summed E-state index contributed by atoms with van der Waals surface area (Å²) in [4.78, 5) is 23.6. The highest BCUT2D eigenvalue weighted by molar-refractivity contribution is 14.1. The van der Waals surface area contributed by atoms with Crippen molar-refractivity contribution in [2.75, 3.05) is 11.0 Å². The molecule has 0 radical (unpaired) electrons. The van der Waals surface area contributed by atoms with E-state index in [0.717, 1.165) is 0 Å². The lowest BCUT2D eigenvalue weighted by Gasteiger charge is -2.19. The maximum atomic E-state index is 12.0. The molecule has 0 aromatic heterocycles. The number of hydrogen-bond donors (Lipinski definition) is 1. The van der Waals surface area contributed by atoms with Gasteiger partial charge in [-0.25, -0.2) is 4.79 Å². The van der Waals surface area contributed by atoms with E-state index in [1.165, 1.54) is 0 Å². The Morgan fingerprint density at radius 1 is 1.29 bits per heavy atom. The minimum Gasteiger partial charge on any atom is -0.466 e. The fraction of sp³-hybridized carbons (Fsp3) is 0.467. The first-order chi connectivity index (χ1) is 10.1. The zero-order valence-corrected chi connectivity index (χ0v) is 14.0. The van der Waals surface area contributed by atoms with Crippen molar-refractivity contribution in [3.05, 3.63) is 35.9 Å². The Kier molecular flexibility index (Phi) is 8.29. The minimum absolute atomic E-state index is 0.0554. The number of aliphatic hydroxyl groups excluding tert-OH is 1. The number of ether oxygens (including phenoxy) is 2. The highest BCUT2D eigenvalue weighted by Crippen LogP contribution is 2.13. The van der Waals surface area contributed by atoms with Crippen LogP contribution in [0, 0.1) is 0 Å². The van der Waals surface area contributed by atoms with Crippen molar-refractivity contribution in [2.24, 2.45) is 0 Å². The molecule has 0 aliphatic carbocycles. The standard InChI is InChI=1S/C15H19IO5/c1-2-20-14(18)9-13(8-12(17)10-16)21-15(19)11-6-4-3-5-7-11/h3-7,12-13,17H,2,8-10H2,1H3/t12?,13-/m1/s1. The summed E-state index contributed by atoms with van der Waals surface area (Å²) in [6.45, 7) is 1.98. The number of halogens is 1. The monoisotopic (exact) mass is 406 g/mol. The minimum atomic E-state index is -0.693. The van der Waals surface area contributed by atoms with Crippen LogP contribution in [0.15, 0.2) is 30.3 Å². The normalized spacial score (nSPS) is 13.3. The second-order valence-corrected chi connectivity index (χ2v) is 5.33. The summed E-state index contributed by atoms with van der Waals surface area (Å²) >= 11 is 2.04. The van der Waals surface area contributed by atoms with Gasteiger partial charge in [0.2, 0.25) is 0 Å². The lowest BCUT2D eigenvalue weighted by atomic mass is 10.1. The van der Waals surface area contributed by atoms with Crippen LogP contribution in [0.2, 0.25) is 0 Å². The average molecular weight is 406 g/mol. The maximum Gasteiger partial charge on any atom is 0.338 e. The van der Waals surface area contributed by atoms with Gasteiger partial charge in [0.25, 0.3) is 0 Å². The second kappa shape index (κ2) is 9.73. The first-order valence-electron chi connectivity index (χ1n) is 6.72. The number of carbonyl (C=O) groups is 2. The van der Waals surface area contributed by atoms with Gasteiger partial charge >= 0.3 is 11.9 Å². The fourth-order valence-corrected chi connectivity index (χ4v) is 2.10. The molecule has 1 rings (SSSR count). The van der Waals surface area contributed by atoms with E-state index >= 15 is 0 Å². The first kappa shape index (κ1) is 17.9. The first-order valence-corrected chi connectivity index (χ1v) is 8.25. The average Bonchev–Trinajstić information content (AvgIpc) is 2.48. The Bertz CT molecular complexity index is 449. The van der Waals surface area contributed by atoms with Gasteiger partial charge in [0, 0.05) is 10.8 Å². The molecule has 1 aromatic carbocycles. The number of carbonyl (C=O) groups excluding carboxylic acids is 2. The predicted octanol–water partition coefficient (Wildman–Crippen LogP) is 2.35. The number of aliphatic hydroxyl groups is 1. The quantitative estimate of drug-likeness (QED) is 0.408. The molecule has 21 heavy (non-hydrogen) atoms. The van der Waals surface area contributed by atoms with Crippen LogP contribution in [0.4, 0.5) is 0 Å². The molecule has 0 aliphatic rings. The van der Waals surface area contributed by atoms with Crippen molar-refractivity contribution < 1.29 is 24.2 Å². The van der Waals surface area contributed by atoms with Crippen molar-refractivity contribution in [1.29, 1.82) is 0 Å². The maximum absolute atomic E-state index is 12.0. The molecule has 1 aromatic rings. The number of alkyl halides is 1. The molecule has 116 valence electrons. The summed E-state index contributed by atoms with van der Waals surface area (Å²) in [6.07, 6.45) is -1.17. The molecular weight excluding hydrogens is 387 g/mol. The van der Waals surface area contributed by atoms with Crippen LogP contribution >= 0.6 is 22.6 Å². The van der Waals surface area contributed by atoms with Gasteiger partial charge in [-0.15, -0.1) is 0 Å². The topological polar surface area (TPSA) is 72.8 Å². The van der Waals surface area contributed by atoms with Crippen molar-refractivity contribution in [1.82, 2.24) is 0 Å². The van der Waals surface area contributed by atoms with Crippen molar-refractivity contribution in [3.63, 3.8) is 0 Å². The van der Waals surface area contributed by atoms with Gasteiger partial charge in [0.15, 0.2) is 0 Å². The summed E-state index contributed by atoms with van der Waals surface area (Å²) < 4.78 is 10.7. The molecule has 0 saturated carbocycles. The van der Waals surface area contributed by atoms with E-state index in [1.54, 1.807) is 37.3 Å². The Balaban J connectivity index is 2.67. The number of esters is 2. The summed E-state index contributed by atoms with van der Waals surface area (Å²) in [5.41, 5.74) is 0.412. The van der Waals surface area contributed by atoms with Gasteiger partial charge in [-0.2, -0.15) is 0 Å². The van der Waals surface area contributed by atoms with E-state index in [9.17, 15) is 14.7 Å². The van der Waals surface area contributed by atoms with Gasteiger partial charge in [0.1, 0.15) is 6.10 Å². The van der Waals surface area contributed by atoms with E-state index < -0.39 is 24.1 Å². The highest BCUT2D eigenvalue weighted by Gasteiger charge is 2.22. The van der Waals surface area contributed by atoms with Gasteiger partial charge in [-0.05, 0) is 19.1 Å². The third-order valence-electron chi connectivity index (χ3n) is 2.70. The largest absolute Gasteiger partial charge is 0.466 e. The highest BCUT2D eigenvalue weighted by atomic mass is 127. The van der Waals surface area contributed by atoms with Crippen LogP contribution in [0.3, 0.4) is 0 Å². The molecule has 0 spiro atoms. The van der Waals surface area contributed by atoms with E-state index in [4.69, 9.17) is 9.47 Å².